The molecule has 1 aromatic rings. The van der Waals surface area contributed by atoms with Crippen molar-refractivity contribution in [2.24, 2.45) is 5.41 Å². The van der Waals surface area contributed by atoms with E-state index in [1.54, 1.807) is 25.2 Å². The molecule has 4 nitrogen and oxygen atoms in total. The third-order valence-corrected chi connectivity index (χ3v) is 5.62. The maximum absolute atomic E-state index is 12.6. The molecule has 108 valence electrons. The molecule has 0 aliphatic carbocycles. The molecule has 0 aliphatic rings. The quantitative estimate of drug-likeness (QED) is 0.868. The van der Waals surface area contributed by atoms with Gasteiger partial charge in [-0.2, -0.15) is 4.31 Å². The summed E-state index contributed by atoms with van der Waals surface area (Å²) in [4.78, 5) is 0.178. The zero-order valence-electron chi connectivity index (χ0n) is 12.6. The first-order valence-electron chi connectivity index (χ1n) is 6.32. The predicted molar refractivity (Wildman–Crippen MR) is 79.5 cm³/mol. The Hall–Kier alpha value is -1.07. The lowest BCUT2D eigenvalue weighted by Crippen LogP contribution is -2.43. The zero-order chi connectivity index (χ0) is 15.0. The second-order valence-corrected chi connectivity index (χ2v) is 8.07. The van der Waals surface area contributed by atoms with E-state index in [4.69, 9.17) is 5.73 Å². The van der Waals surface area contributed by atoms with Crippen molar-refractivity contribution in [1.82, 2.24) is 4.31 Å². The van der Waals surface area contributed by atoms with Gasteiger partial charge in [0, 0.05) is 13.1 Å². The van der Waals surface area contributed by atoms with Crippen molar-refractivity contribution in [1.29, 1.82) is 0 Å². The van der Waals surface area contributed by atoms with Crippen LogP contribution in [-0.4, -0.2) is 25.8 Å². The molecule has 2 N–H and O–H groups in total. The summed E-state index contributed by atoms with van der Waals surface area (Å²) in [6.07, 6.45) is 0. The fourth-order valence-electron chi connectivity index (χ4n) is 1.81. The molecule has 1 rings (SSSR count). The lowest BCUT2D eigenvalue weighted by molar-refractivity contribution is 0.216. The van der Waals surface area contributed by atoms with E-state index in [1.807, 2.05) is 34.6 Å². The molecule has 1 atom stereocenters. The van der Waals surface area contributed by atoms with Crippen molar-refractivity contribution in [3.63, 3.8) is 0 Å². The van der Waals surface area contributed by atoms with E-state index >= 15 is 0 Å². The molecule has 0 radical (unpaired) electrons. The number of benzene rings is 1. The normalized spacial score (nSPS) is 14.7. The Labute approximate surface area is 116 Å². The van der Waals surface area contributed by atoms with Gasteiger partial charge in [-0.3, -0.25) is 0 Å². The van der Waals surface area contributed by atoms with Crippen LogP contribution in [0.25, 0.3) is 0 Å². The fraction of sp³-hybridized carbons (Fsp3) is 0.571. The third kappa shape index (κ3) is 3.28. The molecule has 19 heavy (non-hydrogen) atoms. The highest BCUT2D eigenvalue weighted by Gasteiger charge is 2.33. The monoisotopic (exact) mass is 284 g/mol. The first kappa shape index (κ1) is 16.0. The van der Waals surface area contributed by atoms with E-state index in [0.29, 0.717) is 5.69 Å². The van der Waals surface area contributed by atoms with Crippen LogP contribution in [0, 0.1) is 12.3 Å². The smallest absolute Gasteiger partial charge is 0.245 e. The number of nitrogens with zero attached hydrogens (tertiary/aromatic N) is 1. The summed E-state index contributed by atoms with van der Waals surface area (Å²) in [7, 11) is -1.96. The Bertz CT molecular complexity index is 559. The summed E-state index contributed by atoms with van der Waals surface area (Å²) in [6.45, 7) is 9.84. The van der Waals surface area contributed by atoms with Gasteiger partial charge >= 0.3 is 0 Å². The Morgan fingerprint density at radius 1 is 1.26 bits per heavy atom. The molecular formula is C14H24N2O2S. The van der Waals surface area contributed by atoms with Gasteiger partial charge in [-0.05, 0) is 37.0 Å². The summed E-state index contributed by atoms with van der Waals surface area (Å²) >= 11 is 0. The molecule has 0 heterocycles. The summed E-state index contributed by atoms with van der Waals surface area (Å²) in [5.41, 5.74) is 6.96. The second-order valence-electron chi connectivity index (χ2n) is 6.10. The molecule has 1 unspecified atom stereocenters. The van der Waals surface area contributed by atoms with Gasteiger partial charge in [0.25, 0.3) is 0 Å². The van der Waals surface area contributed by atoms with E-state index in [-0.39, 0.29) is 16.4 Å². The minimum absolute atomic E-state index is 0.127. The fourth-order valence-corrected chi connectivity index (χ4v) is 3.45. The van der Waals surface area contributed by atoms with Crippen LogP contribution in [0.15, 0.2) is 23.1 Å². The topological polar surface area (TPSA) is 63.4 Å². The van der Waals surface area contributed by atoms with Crippen LogP contribution in [0.4, 0.5) is 5.69 Å². The lowest BCUT2D eigenvalue weighted by atomic mass is 9.88. The van der Waals surface area contributed by atoms with Crippen LogP contribution in [0.2, 0.25) is 0 Å². The zero-order valence-corrected chi connectivity index (χ0v) is 13.4. The highest BCUT2D eigenvalue weighted by Crippen LogP contribution is 2.29. The van der Waals surface area contributed by atoms with Crippen molar-refractivity contribution < 1.29 is 8.42 Å². The second kappa shape index (κ2) is 5.13. The van der Waals surface area contributed by atoms with E-state index in [0.717, 1.165) is 5.56 Å². The molecule has 1 aromatic carbocycles. The summed E-state index contributed by atoms with van der Waals surface area (Å²) in [6, 6.07) is 4.89. The van der Waals surface area contributed by atoms with Crippen LogP contribution in [-0.2, 0) is 10.0 Å². The molecule has 0 aromatic heterocycles. The summed E-state index contributed by atoms with van der Waals surface area (Å²) < 4.78 is 26.6. The molecular weight excluding hydrogens is 260 g/mol. The van der Waals surface area contributed by atoms with Gasteiger partial charge in [-0.15, -0.1) is 0 Å². The first-order valence-corrected chi connectivity index (χ1v) is 7.76. The van der Waals surface area contributed by atoms with Crippen LogP contribution in [0.3, 0.4) is 0 Å². The van der Waals surface area contributed by atoms with Crippen molar-refractivity contribution in [3.05, 3.63) is 23.8 Å². The van der Waals surface area contributed by atoms with Crippen molar-refractivity contribution in [2.45, 2.75) is 45.6 Å². The van der Waals surface area contributed by atoms with Gasteiger partial charge in [0.2, 0.25) is 10.0 Å². The molecule has 5 heteroatoms. The van der Waals surface area contributed by atoms with E-state index in [1.165, 1.54) is 4.31 Å². The van der Waals surface area contributed by atoms with Gasteiger partial charge < -0.3 is 5.73 Å². The molecule has 0 aliphatic heterocycles. The number of hydrogen-bond acceptors (Lipinski definition) is 3. The number of hydrogen-bond donors (Lipinski definition) is 1. The van der Waals surface area contributed by atoms with E-state index in [9.17, 15) is 8.42 Å². The number of sulfonamides is 1. The average molecular weight is 284 g/mol. The minimum Gasteiger partial charge on any atom is -0.398 e. The standard InChI is InChI=1S/C14H24N2O2S/c1-10-7-8-13(12(15)9-10)19(17,18)16(6)11(2)14(3,4)5/h7-9,11H,15H2,1-6H3. The largest absolute Gasteiger partial charge is 0.398 e. The highest BCUT2D eigenvalue weighted by atomic mass is 32.2. The number of rotatable bonds is 3. The third-order valence-electron chi connectivity index (χ3n) is 3.62. The summed E-state index contributed by atoms with van der Waals surface area (Å²) in [5, 5.41) is 0. The van der Waals surface area contributed by atoms with Crippen LogP contribution < -0.4 is 5.73 Å². The van der Waals surface area contributed by atoms with Crippen molar-refractivity contribution >= 4 is 15.7 Å². The van der Waals surface area contributed by atoms with Crippen LogP contribution in [0.1, 0.15) is 33.3 Å². The van der Waals surface area contributed by atoms with E-state index in [2.05, 4.69) is 0 Å². The number of aryl methyl sites for hydroxylation is 1. The number of nitrogens with two attached hydrogens (primary N) is 1. The highest BCUT2D eigenvalue weighted by molar-refractivity contribution is 7.89. The first-order chi connectivity index (χ1) is 8.48. The Kier molecular flexibility index (Phi) is 4.32. The Morgan fingerprint density at radius 3 is 2.21 bits per heavy atom. The molecule has 0 bridgehead atoms. The molecule has 0 amide bonds. The number of anilines is 1. The van der Waals surface area contributed by atoms with Gasteiger partial charge in [0.05, 0.1) is 5.69 Å². The lowest BCUT2D eigenvalue weighted by Gasteiger charge is -2.34. The maximum atomic E-state index is 12.6. The van der Waals surface area contributed by atoms with Gasteiger partial charge in [-0.1, -0.05) is 26.8 Å². The Balaban J connectivity index is 3.24. The Morgan fingerprint density at radius 2 is 1.79 bits per heavy atom. The SMILES string of the molecule is Cc1ccc(S(=O)(=O)N(C)C(C)C(C)(C)C)c(N)c1. The van der Waals surface area contributed by atoms with Crippen molar-refractivity contribution in [3.8, 4) is 0 Å². The minimum atomic E-state index is -3.56. The molecule has 0 saturated heterocycles. The predicted octanol–water partition coefficient (Wildman–Crippen LogP) is 2.63. The van der Waals surface area contributed by atoms with Gasteiger partial charge in [0.15, 0.2) is 0 Å². The summed E-state index contributed by atoms with van der Waals surface area (Å²) in [5.74, 6) is 0. The molecule has 0 fully saturated rings. The maximum Gasteiger partial charge on any atom is 0.245 e. The molecule has 0 spiro atoms. The molecule has 0 saturated carbocycles. The van der Waals surface area contributed by atoms with Crippen molar-refractivity contribution in [2.75, 3.05) is 12.8 Å². The van der Waals surface area contributed by atoms with Gasteiger partial charge in [-0.25, -0.2) is 8.42 Å². The average Bonchev–Trinajstić information content (AvgIpc) is 2.25. The number of nitrogen functional groups attached to an aromatic ring is 1. The van der Waals surface area contributed by atoms with Crippen LogP contribution in [0.5, 0.6) is 0 Å². The van der Waals surface area contributed by atoms with Gasteiger partial charge in [0.1, 0.15) is 4.90 Å². The van der Waals surface area contributed by atoms with Crippen LogP contribution >= 0.6 is 0 Å². The van der Waals surface area contributed by atoms with E-state index < -0.39 is 10.0 Å².